The molecule has 0 amide bonds. The molecule has 1 aromatic rings. The van der Waals surface area contributed by atoms with Crippen LogP contribution in [0.1, 0.15) is 32.3 Å². The molecule has 0 fully saturated rings. The van der Waals surface area contributed by atoms with Crippen LogP contribution in [-0.4, -0.2) is 12.9 Å². The SMILES string of the molecule is COc1ccc(CCC(=O)CC(C)C)cc1. The van der Waals surface area contributed by atoms with Crippen molar-refractivity contribution in [2.45, 2.75) is 33.1 Å². The van der Waals surface area contributed by atoms with Crippen molar-refractivity contribution < 1.29 is 9.53 Å². The van der Waals surface area contributed by atoms with Crippen LogP contribution in [0.15, 0.2) is 24.3 Å². The number of benzene rings is 1. The topological polar surface area (TPSA) is 26.3 Å². The monoisotopic (exact) mass is 220 g/mol. The first-order chi connectivity index (χ1) is 7.61. The van der Waals surface area contributed by atoms with Gasteiger partial charge in [-0.1, -0.05) is 26.0 Å². The van der Waals surface area contributed by atoms with E-state index in [-0.39, 0.29) is 0 Å². The fraction of sp³-hybridized carbons (Fsp3) is 0.500. The van der Waals surface area contributed by atoms with E-state index < -0.39 is 0 Å². The minimum absolute atomic E-state index is 0.353. The van der Waals surface area contributed by atoms with Crippen molar-refractivity contribution in [3.8, 4) is 5.75 Å². The third-order valence-corrected chi connectivity index (χ3v) is 2.49. The Morgan fingerprint density at radius 3 is 2.38 bits per heavy atom. The Labute approximate surface area is 97.6 Å². The zero-order valence-electron chi connectivity index (χ0n) is 10.3. The van der Waals surface area contributed by atoms with E-state index in [2.05, 4.69) is 13.8 Å². The molecular formula is C14H20O2. The van der Waals surface area contributed by atoms with Gasteiger partial charge < -0.3 is 4.74 Å². The summed E-state index contributed by atoms with van der Waals surface area (Å²) in [7, 11) is 1.65. The van der Waals surface area contributed by atoms with Gasteiger partial charge in [0.05, 0.1) is 7.11 Å². The number of ether oxygens (including phenoxy) is 1. The van der Waals surface area contributed by atoms with E-state index in [1.54, 1.807) is 7.11 Å². The molecule has 1 rings (SSSR count). The van der Waals surface area contributed by atoms with Crippen LogP contribution in [0.2, 0.25) is 0 Å². The molecule has 0 saturated carbocycles. The Hall–Kier alpha value is -1.31. The summed E-state index contributed by atoms with van der Waals surface area (Å²) in [4.78, 5) is 11.5. The van der Waals surface area contributed by atoms with Gasteiger partial charge in [-0.25, -0.2) is 0 Å². The lowest BCUT2D eigenvalue weighted by Gasteiger charge is -2.05. The average Bonchev–Trinajstić information content (AvgIpc) is 2.26. The van der Waals surface area contributed by atoms with Gasteiger partial charge in [-0.05, 0) is 30.0 Å². The largest absolute Gasteiger partial charge is 0.497 e. The Morgan fingerprint density at radius 1 is 1.25 bits per heavy atom. The first-order valence-corrected chi connectivity index (χ1v) is 5.76. The zero-order valence-corrected chi connectivity index (χ0v) is 10.3. The van der Waals surface area contributed by atoms with Gasteiger partial charge >= 0.3 is 0 Å². The van der Waals surface area contributed by atoms with Crippen molar-refractivity contribution in [1.29, 1.82) is 0 Å². The number of aryl methyl sites for hydroxylation is 1. The quantitative estimate of drug-likeness (QED) is 0.735. The van der Waals surface area contributed by atoms with Gasteiger partial charge in [-0.3, -0.25) is 4.79 Å². The first-order valence-electron chi connectivity index (χ1n) is 5.76. The summed E-state index contributed by atoms with van der Waals surface area (Å²) in [6.07, 6.45) is 2.16. The standard InChI is InChI=1S/C14H20O2/c1-11(2)10-13(15)7-4-12-5-8-14(16-3)9-6-12/h5-6,8-9,11H,4,7,10H2,1-3H3. The van der Waals surface area contributed by atoms with Crippen LogP contribution in [0.4, 0.5) is 0 Å². The molecule has 0 bridgehead atoms. The molecular weight excluding hydrogens is 200 g/mol. The predicted octanol–water partition coefficient (Wildman–Crippen LogP) is 3.24. The van der Waals surface area contributed by atoms with Crippen LogP contribution in [-0.2, 0) is 11.2 Å². The molecule has 0 saturated heterocycles. The third kappa shape index (κ3) is 4.47. The van der Waals surface area contributed by atoms with Crippen LogP contribution in [0.3, 0.4) is 0 Å². The van der Waals surface area contributed by atoms with E-state index in [4.69, 9.17) is 4.74 Å². The highest BCUT2D eigenvalue weighted by atomic mass is 16.5. The second kappa shape index (κ2) is 6.31. The van der Waals surface area contributed by atoms with Gasteiger partial charge in [0.2, 0.25) is 0 Å². The summed E-state index contributed by atoms with van der Waals surface area (Å²) < 4.78 is 5.08. The minimum Gasteiger partial charge on any atom is -0.497 e. The molecule has 0 atom stereocenters. The van der Waals surface area contributed by atoms with Crippen molar-refractivity contribution in [2.75, 3.05) is 7.11 Å². The van der Waals surface area contributed by atoms with Crippen molar-refractivity contribution in [2.24, 2.45) is 5.92 Å². The third-order valence-electron chi connectivity index (χ3n) is 2.49. The van der Waals surface area contributed by atoms with Crippen LogP contribution in [0.25, 0.3) is 0 Å². The Balaban J connectivity index is 2.39. The maximum absolute atomic E-state index is 11.5. The highest BCUT2D eigenvalue weighted by molar-refractivity contribution is 5.78. The summed E-state index contributed by atoms with van der Waals surface area (Å²) in [5.41, 5.74) is 1.19. The molecule has 88 valence electrons. The number of carbonyl (C=O) groups excluding carboxylic acids is 1. The van der Waals surface area contributed by atoms with E-state index in [1.807, 2.05) is 24.3 Å². The second-order valence-corrected chi connectivity index (χ2v) is 4.48. The van der Waals surface area contributed by atoms with Gasteiger partial charge in [-0.2, -0.15) is 0 Å². The maximum Gasteiger partial charge on any atom is 0.133 e. The molecule has 0 aromatic heterocycles. The van der Waals surface area contributed by atoms with Gasteiger partial charge in [0, 0.05) is 12.8 Å². The zero-order chi connectivity index (χ0) is 12.0. The van der Waals surface area contributed by atoms with Gasteiger partial charge in [0.1, 0.15) is 11.5 Å². The second-order valence-electron chi connectivity index (χ2n) is 4.48. The fourth-order valence-corrected chi connectivity index (χ4v) is 1.63. The normalized spacial score (nSPS) is 10.5. The van der Waals surface area contributed by atoms with E-state index in [0.717, 1.165) is 12.2 Å². The fourth-order valence-electron chi connectivity index (χ4n) is 1.63. The summed E-state index contributed by atoms with van der Waals surface area (Å²) >= 11 is 0. The van der Waals surface area contributed by atoms with Gasteiger partial charge in [0.25, 0.3) is 0 Å². The molecule has 2 heteroatoms. The van der Waals surface area contributed by atoms with E-state index >= 15 is 0 Å². The molecule has 2 nitrogen and oxygen atoms in total. The molecule has 0 radical (unpaired) electrons. The Kier molecular flexibility index (Phi) is 5.03. The summed E-state index contributed by atoms with van der Waals surface area (Å²) in [6.45, 7) is 4.15. The lowest BCUT2D eigenvalue weighted by Crippen LogP contribution is -2.04. The summed E-state index contributed by atoms with van der Waals surface area (Å²) in [6, 6.07) is 7.90. The molecule has 0 aliphatic rings. The number of carbonyl (C=O) groups is 1. The van der Waals surface area contributed by atoms with Crippen LogP contribution in [0.5, 0.6) is 5.75 Å². The number of hydrogen-bond donors (Lipinski definition) is 0. The smallest absolute Gasteiger partial charge is 0.133 e. The predicted molar refractivity (Wildman–Crippen MR) is 65.8 cm³/mol. The highest BCUT2D eigenvalue weighted by Crippen LogP contribution is 2.13. The maximum atomic E-state index is 11.5. The van der Waals surface area contributed by atoms with E-state index in [0.29, 0.717) is 24.5 Å². The van der Waals surface area contributed by atoms with Crippen LogP contribution < -0.4 is 4.74 Å². The van der Waals surface area contributed by atoms with Crippen LogP contribution >= 0.6 is 0 Å². The van der Waals surface area contributed by atoms with Gasteiger partial charge in [-0.15, -0.1) is 0 Å². The highest BCUT2D eigenvalue weighted by Gasteiger charge is 2.05. The molecule has 1 aromatic carbocycles. The molecule has 0 heterocycles. The summed E-state index contributed by atoms with van der Waals surface area (Å²) in [5.74, 6) is 1.67. The van der Waals surface area contributed by atoms with E-state index in [1.165, 1.54) is 5.56 Å². The summed E-state index contributed by atoms with van der Waals surface area (Å²) in [5, 5.41) is 0. The average molecular weight is 220 g/mol. The molecule has 0 aliphatic heterocycles. The minimum atomic E-state index is 0.353. The number of ketones is 1. The molecule has 0 aliphatic carbocycles. The van der Waals surface area contributed by atoms with Crippen molar-refractivity contribution in [1.82, 2.24) is 0 Å². The van der Waals surface area contributed by atoms with Gasteiger partial charge in [0.15, 0.2) is 0 Å². The van der Waals surface area contributed by atoms with Crippen LogP contribution in [0, 0.1) is 5.92 Å². The lowest BCUT2D eigenvalue weighted by atomic mass is 10.0. The Morgan fingerprint density at radius 2 is 1.88 bits per heavy atom. The number of rotatable bonds is 6. The van der Waals surface area contributed by atoms with Crippen molar-refractivity contribution in [3.63, 3.8) is 0 Å². The van der Waals surface area contributed by atoms with Crippen molar-refractivity contribution >= 4 is 5.78 Å². The Bertz CT molecular complexity index is 325. The number of methoxy groups -OCH3 is 1. The van der Waals surface area contributed by atoms with Crippen molar-refractivity contribution in [3.05, 3.63) is 29.8 Å². The van der Waals surface area contributed by atoms with E-state index in [9.17, 15) is 4.79 Å². The molecule has 0 spiro atoms. The first kappa shape index (κ1) is 12.8. The number of Topliss-reactive ketones (excluding diaryl/α,β-unsaturated/α-hetero) is 1. The number of hydrogen-bond acceptors (Lipinski definition) is 2. The molecule has 0 N–H and O–H groups in total. The molecule has 0 unspecified atom stereocenters. The lowest BCUT2D eigenvalue weighted by molar-refractivity contribution is -0.119. The molecule has 16 heavy (non-hydrogen) atoms.